The molecule has 1 aromatic carbocycles. The summed E-state index contributed by atoms with van der Waals surface area (Å²) >= 11 is 6.26. The summed E-state index contributed by atoms with van der Waals surface area (Å²) in [6.07, 6.45) is 0. The molecule has 2 aromatic rings. The summed E-state index contributed by atoms with van der Waals surface area (Å²) in [5, 5.41) is 7.73. The van der Waals surface area contributed by atoms with E-state index in [0.29, 0.717) is 5.82 Å². The number of carbonyl (C=O) groups is 2. The van der Waals surface area contributed by atoms with Crippen LogP contribution in [0.3, 0.4) is 0 Å². The zero-order chi connectivity index (χ0) is 22.9. The van der Waals surface area contributed by atoms with Crippen LogP contribution in [0.1, 0.15) is 57.6 Å². The SMILES string of the molecule is COc1cc(C(=O)Nc2cc(C(C)(C)C)nn2C(C)(C)C)cc(Cl)c1OCC(N)=O. The molecule has 0 saturated carbocycles. The van der Waals surface area contributed by atoms with E-state index in [1.807, 2.05) is 26.8 Å². The van der Waals surface area contributed by atoms with Gasteiger partial charge in [0.05, 0.1) is 23.4 Å². The van der Waals surface area contributed by atoms with Gasteiger partial charge >= 0.3 is 0 Å². The molecule has 2 rings (SSSR count). The van der Waals surface area contributed by atoms with E-state index in [4.69, 9.17) is 31.9 Å². The number of anilines is 1. The minimum Gasteiger partial charge on any atom is -0.493 e. The molecule has 9 heteroatoms. The third-order valence-corrected chi connectivity index (χ3v) is 4.49. The van der Waals surface area contributed by atoms with Gasteiger partial charge < -0.3 is 20.5 Å². The number of nitrogens with one attached hydrogen (secondary N) is 1. The maximum Gasteiger partial charge on any atom is 0.257 e. The molecule has 0 bridgehead atoms. The van der Waals surface area contributed by atoms with Gasteiger partial charge in [-0.15, -0.1) is 0 Å². The number of carbonyl (C=O) groups excluding carboxylic acids is 2. The Hall–Kier alpha value is -2.74. The fraction of sp³-hybridized carbons (Fsp3) is 0.476. The number of aromatic nitrogens is 2. The summed E-state index contributed by atoms with van der Waals surface area (Å²) in [7, 11) is 1.41. The van der Waals surface area contributed by atoms with Gasteiger partial charge in [-0.05, 0) is 32.9 Å². The average molecular weight is 437 g/mol. The van der Waals surface area contributed by atoms with Gasteiger partial charge in [0.2, 0.25) is 0 Å². The summed E-state index contributed by atoms with van der Waals surface area (Å²) in [5.41, 5.74) is 5.72. The lowest BCUT2D eigenvalue weighted by molar-refractivity contribution is -0.119. The highest BCUT2D eigenvalue weighted by atomic mass is 35.5. The maximum atomic E-state index is 13.0. The molecule has 0 saturated heterocycles. The topological polar surface area (TPSA) is 108 Å². The zero-order valence-corrected chi connectivity index (χ0v) is 19.2. The lowest BCUT2D eigenvalue weighted by Gasteiger charge is -2.23. The first kappa shape index (κ1) is 23.5. The molecule has 0 aliphatic carbocycles. The standard InChI is InChI=1S/C21H29ClN4O4/c1-20(2,3)15-10-17(26(25-15)21(4,5)6)24-19(28)12-8-13(22)18(14(9-12)29-7)30-11-16(23)27/h8-10H,11H2,1-7H3,(H2,23,27)(H,24,28). The number of hydrogen-bond donors (Lipinski definition) is 2. The van der Waals surface area contributed by atoms with Crippen molar-refractivity contribution in [2.75, 3.05) is 19.0 Å². The van der Waals surface area contributed by atoms with Crippen molar-refractivity contribution in [3.8, 4) is 11.5 Å². The number of methoxy groups -OCH3 is 1. The smallest absolute Gasteiger partial charge is 0.257 e. The van der Waals surface area contributed by atoms with Gasteiger partial charge in [-0.1, -0.05) is 32.4 Å². The van der Waals surface area contributed by atoms with E-state index in [0.717, 1.165) is 5.69 Å². The molecule has 0 spiro atoms. The number of benzene rings is 1. The predicted octanol–water partition coefficient (Wildman–Crippen LogP) is 3.71. The summed E-state index contributed by atoms with van der Waals surface area (Å²) < 4.78 is 12.4. The molecular weight excluding hydrogens is 408 g/mol. The number of amides is 2. The van der Waals surface area contributed by atoms with Crippen LogP contribution in [0.4, 0.5) is 5.82 Å². The van der Waals surface area contributed by atoms with Crippen LogP contribution < -0.4 is 20.5 Å². The Morgan fingerprint density at radius 1 is 1.17 bits per heavy atom. The van der Waals surface area contributed by atoms with Crippen molar-refractivity contribution in [2.24, 2.45) is 5.73 Å². The van der Waals surface area contributed by atoms with Gasteiger partial charge in [0.25, 0.3) is 11.8 Å². The van der Waals surface area contributed by atoms with Gasteiger partial charge in [-0.2, -0.15) is 5.10 Å². The van der Waals surface area contributed by atoms with Crippen LogP contribution >= 0.6 is 11.6 Å². The molecule has 8 nitrogen and oxygen atoms in total. The molecule has 0 radical (unpaired) electrons. The quantitative estimate of drug-likeness (QED) is 0.717. The Balaban J connectivity index is 2.39. The van der Waals surface area contributed by atoms with Crippen LogP contribution in [0.2, 0.25) is 5.02 Å². The number of ether oxygens (including phenoxy) is 2. The highest BCUT2D eigenvalue weighted by Crippen LogP contribution is 2.37. The predicted molar refractivity (Wildman–Crippen MR) is 117 cm³/mol. The van der Waals surface area contributed by atoms with E-state index in [2.05, 4.69) is 26.1 Å². The molecule has 0 aliphatic heterocycles. The van der Waals surface area contributed by atoms with Crippen LogP contribution in [-0.4, -0.2) is 35.3 Å². The number of nitrogens with zero attached hydrogens (tertiary/aromatic N) is 2. The highest BCUT2D eigenvalue weighted by Gasteiger charge is 2.26. The summed E-state index contributed by atoms with van der Waals surface area (Å²) in [6.45, 7) is 11.8. The second-order valence-electron chi connectivity index (χ2n) is 8.95. The summed E-state index contributed by atoms with van der Waals surface area (Å²) in [4.78, 5) is 24.0. The van der Waals surface area contributed by atoms with Crippen molar-refractivity contribution >= 4 is 29.2 Å². The third-order valence-electron chi connectivity index (χ3n) is 4.21. The van der Waals surface area contributed by atoms with Crippen LogP contribution in [0.15, 0.2) is 18.2 Å². The molecule has 0 aliphatic rings. The normalized spacial score (nSPS) is 11.9. The lowest BCUT2D eigenvalue weighted by Crippen LogP contribution is -2.27. The van der Waals surface area contributed by atoms with Crippen molar-refractivity contribution in [1.82, 2.24) is 9.78 Å². The van der Waals surface area contributed by atoms with Gasteiger partial charge in [-0.25, -0.2) is 4.68 Å². The Bertz CT molecular complexity index is 955. The van der Waals surface area contributed by atoms with Crippen LogP contribution in [0, 0.1) is 0 Å². The molecule has 30 heavy (non-hydrogen) atoms. The number of halogens is 1. The van der Waals surface area contributed by atoms with E-state index < -0.39 is 5.91 Å². The average Bonchev–Trinajstić information content (AvgIpc) is 3.04. The Morgan fingerprint density at radius 3 is 2.30 bits per heavy atom. The molecule has 1 heterocycles. The van der Waals surface area contributed by atoms with Gasteiger partial charge in [0, 0.05) is 17.0 Å². The number of rotatable bonds is 6. The maximum absolute atomic E-state index is 13.0. The first-order chi connectivity index (χ1) is 13.7. The van der Waals surface area contributed by atoms with Crippen LogP contribution in [0.5, 0.6) is 11.5 Å². The minimum absolute atomic E-state index is 0.125. The Morgan fingerprint density at radius 2 is 1.80 bits per heavy atom. The molecule has 164 valence electrons. The second-order valence-corrected chi connectivity index (χ2v) is 9.35. The summed E-state index contributed by atoms with van der Waals surface area (Å²) in [6, 6.07) is 4.80. The number of hydrogen-bond acceptors (Lipinski definition) is 5. The van der Waals surface area contributed by atoms with E-state index in [1.54, 1.807) is 4.68 Å². The minimum atomic E-state index is -0.653. The van der Waals surface area contributed by atoms with Crippen molar-refractivity contribution in [3.05, 3.63) is 34.5 Å². The van der Waals surface area contributed by atoms with E-state index in [-0.39, 0.29) is 45.6 Å². The highest BCUT2D eigenvalue weighted by molar-refractivity contribution is 6.32. The van der Waals surface area contributed by atoms with E-state index >= 15 is 0 Å². The fourth-order valence-corrected chi connectivity index (χ4v) is 2.94. The molecule has 0 fully saturated rings. The first-order valence-corrected chi connectivity index (χ1v) is 9.83. The van der Waals surface area contributed by atoms with Gasteiger partial charge in [-0.3, -0.25) is 9.59 Å². The largest absolute Gasteiger partial charge is 0.493 e. The molecule has 0 atom stereocenters. The van der Waals surface area contributed by atoms with Crippen molar-refractivity contribution in [1.29, 1.82) is 0 Å². The molecule has 0 unspecified atom stereocenters. The lowest BCUT2D eigenvalue weighted by atomic mass is 9.92. The molecule has 1 aromatic heterocycles. The Labute approximate surface area is 181 Å². The van der Waals surface area contributed by atoms with Crippen molar-refractivity contribution in [3.63, 3.8) is 0 Å². The molecule has 3 N–H and O–H groups in total. The van der Waals surface area contributed by atoms with E-state index in [1.165, 1.54) is 19.2 Å². The zero-order valence-electron chi connectivity index (χ0n) is 18.4. The first-order valence-electron chi connectivity index (χ1n) is 9.45. The third kappa shape index (κ3) is 5.44. The van der Waals surface area contributed by atoms with Crippen molar-refractivity contribution in [2.45, 2.75) is 52.5 Å². The monoisotopic (exact) mass is 436 g/mol. The molecule has 2 amide bonds. The van der Waals surface area contributed by atoms with Crippen LogP contribution in [0.25, 0.3) is 0 Å². The van der Waals surface area contributed by atoms with Gasteiger partial charge in [0.1, 0.15) is 5.82 Å². The summed E-state index contributed by atoms with van der Waals surface area (Å²) in [5.74, 6) is -0.109. The number of primary amides is 1. The Kier molecular flexibility index (Phi) is 6.71. The fourth-order valence-electron chi connectivity index (χ4n) is 2.67. The van der Waals surface area contributed by atoms with E-state index in [9.17, 15) is 9.59 Å². The second kappa shape index (κ2) is 8.55. The van der Waals surface area contributed by atoms with Crippen molar-refractivity contribution < 1.29 is 19.1 Å². The molecular formula is C21H29ClN4O4. The van der Waals surface area contributed by atoms with Gasteiger partial charge in [0.15, 0.2) is 18.1 Å². The number of nitrogens with two attached hydrogens (primary N) is 1. The van der Waals surface area contributed by atoms with Crippen LogP contribution in [-0.2, 0) is 15.7 Å².